The van der Waals surface area contributed by atoms with Gasteiger partial charge in [0.15, 0.2) is 5.82 Å². The van der Waals surface area contributed by atoms with Crippen LogP contribution in [0.5, 0.6) is 0 Å². The van der Waals surface area contributed by atoms with Gasteiger partial charge >= 0.3 is 0 Å². The van der Waals surface area contributed by atoms with Gasteiger partial charge in [-0.25, -0.2) is 4.98 Å². The van der Waals surface area contributed by atoms with Crippen LogP contribution < -0.4 is 5.32 Å². The number of thioether (sulfide) groups is 1. The molecule has 1 aromatic carbocycles. The first-order valence-corrected chi connectivity index (χ1v) is 12.1. The van der Waals surface area contributed by atoms with E-state index in [2.05, 4.69) is 47.3 Å². The summed E-state index contributed by atoms with van der Waals surface area (Å²) in [4.78, 5) is 18.3. The fraction of sp³-hybridized carbons (Fsp3) is 0.391. The number of carbonyl (C=O) groups excluding carboxylic acids is 1. The number of aromatic amines is 1. The number of benzene rings is 1. The molecule has 1 aliphatic rings. The minimum Gasteiger partial charge on any atom is -0.316 e. The lowest BCUT2D eigenvalue weighted by atomic mass is 9.72. The van der Waals surface area contributed by atoms with Crippen molar-refractivity contribution in [3.05, 3.63) is 46.3 Å². The standard InChI is InChI=1S/C23H25N5OS2/c1-23(2,3)15-9-10-16-17(12-24)21(31-18(16)11-15)25-19(29)13-30-22-26-20(27-28-22)14-7-5-4-6-8-14/h4-8,15H,9-11,13H2,1-3H3,(H,25,29)(H,26,27,28). The fourth-order valence-electron chi connectivity index (χ4n) is 3.86. The number of nitrogens with zero attached hydrogens (tertiary/aromatic N) is 3. The van der Waals surface area contributed by atoms with Crippen LogP contribution in [0.2, 0.25) is 0 Å². The molecule has 0 radical (unpaired) electrons. The summed E-state index contributed by atoms with van der Waals surface area (Å²) in [5.41, 5.74) is 2.94. The van der Waals surface area contributed by atoms with Gasteiger partial charge in [0.05, 0.1) is 11.3 Å². The minimum absolute atomic E-state index is 0.154. The van der Waals surface area contributed by atoms with Gasteiger partial charge in [0, 0.05) is 10.4 Å². The summed E-state index contributed by atoms with van der Waals surface area (Å²) in [6.45, 7) is 6.81. The Morgan fingerprint density at radius 3 is 2.84 bits per heavy atom. The number of nitriles is 1. The Balaban J connectivity index is 1.40. The van der Waals surface area contributed by atoms with Crippen LogP contribution in [0.4, 0.5) is 5.00 Å². The number of nitrogens with one attached hydrogen (secondary N) is 2. The van der Waals surface area contributed by atoms with Crippen LogP contribution in [0.15, 0.2) is 35.5 Å². The summed E-state index contributed by atoms with van der Waals surface area (Å²) in [7, 11) is 0. The molecule has 8 heteroatoms. The van der Waals surface area contributed by atoms with E-state index in [0.29, 0.717) is 27.5 Å². The van der Waals surface area contributed by atoms with E-state index in [-0.39, 0.29) is 17.1 Å². The molecule has 31 heavy (non-hydrogen) atoms. The number of H-pyrrole nitrogens is 1. The van der Waals surface area contributed by atoms with E-state index in [4.69, 9.17) is 0 Å². The van der Waals surface area contributed by atoms with E-state index >= 15 is 0 Å². The predicted octanol–water partition coefficient (Wildman–Crippen LogP) is 5.29. The molecule has 0 aliphatic heterocycles. The second-order valence-electron chi connectivity index (χ2n) is 8.79. The molecule has 1 atom stereocenters. The van der Waals surface area contributed by atoms with Gasteiger partial charge in [0.1, 0.15) is 11.1 Å². The number of amides is 1. The zero-order valence-electron chi connectivity index (χ0n) is 17.9. The molecule has 1 unspecified atom stereocenters. The summed E-state index contributed by atoms with van der Waals surface area (Å²) in [5, 5.41) is 20.9. The van der Waals surface area contributed by atoms with Gasteiger partial charge in [-0.3, -0.25) is 9.89 Å². The third-order valence-electron chi connectivity index (χ3n) is 5.70. The quantitative estimate of drug-likeness (QED) is 0.514. The number of hydrogen-bond donors (Lipinski definition) is 2. The van der Waals surface area contributed by atoms with Crippen LogP contribution in [0.1, 0.15) is 43.2 Å². The lowest BCUT2D eigenvalue weighted by Crippen LogP contribution is -2.26. The molecule has 2 heterocycles. The van der Waals surface area contributed by atoms with Crippen molar-refractivity contribution < 1.29 is 4.79 Å². The van der Waals surface area contributed by atoms with E-state index < -0.39 is 0 Å². The molecule has 0 bridgehead atoms. The molecular formula is C23H25N5OS2. The van der Waals surface area contributed by atoms with Crippen molar-refractivity contribution in [3.8, 4) is 17.5 Å². The Labute approximate surface area is 190 Å². The second-order valence-corrected chi connectivity index (χ2v) is 10.8. The monoisotopic (exact) mass is 451 g/mol. The van der Waals surface area contributed by atoms with Crippen molar-refractivity contribution in [3.63, 3.8) is 0 Å². The summed E-state index contributed by atoms with van der Waals surface area (Å²) >= 11 is 2.83. The number of anilines is 1. The maximum absolute atomic E-state index is 12.6. The molecule has 1 amide bonds. The maximum atomic E-state index is 12.6. The van der Waals surface area contributed by atoms with Crippen molar-refractivity contribution in [2.45, 2.75) is 45.2 Å². The molecule has 2 N–H and O–H groups in total. The summed E-state index contributed by atoms with van der Waals surface area (Å²) in [5.74, 6) is 1.30. The number of rotatable bonds is 5. The zero-order valence-corrected chi connectivity index (χ0v) is 19.5. The first-order valence-electron chi connectivity index (χ1n) is 10.3. The van der Waals surface area contributed by atoms with Gasteiger partial charge in [-0.2, -0.15) is 5.26 Å². The van der Waals surface area contributed by atoms with Gasteiger partial charge in [-0.15, -0.1) is 16.4 Å². The van der Waals surface area contributed by atoms with Crippen molar-refractivity contribution in [1.29, 1.82) is 5.26 Å². The van der Waals surface area contributed by atoms with Crippen molar-refractivity contribution >= 4 is 34.0 Å². The molecule has 6 nitrogen and oxygen atoms in total. The average Bonchev–Trinajstić information content (AvgIpc) is 3.36. The summed E-state index contributed by atoms with van der Waals surface area (Å²) in [6, 6.07) is 12.0. The van der Waals surface area contributed by atoms with E-state index in [1.807, 2.05) is 30.3 Å². The normalized spacial score (nSPS) is 15.9. The minimum atomic E-state index is -0.154. The molecular weight excluding hydrogens is 426 g/mol. The van der Waals surface area contributed by atoms with Gasteiger partial charge in [-0.05, 0) is 36.2 Å². The van der Waals surface area contributed by atoms with E-state index in [1.54, 1.807) is 11.3 Å². The average molecular weight is 452 g/mol. The summed E-state index contributed by atoms with van der Waals surface area (Å²) < 4.78 is 0. The third-order valence-corrected chi connectivity index (χ3v) is 7.72. The fourth-order valence-corrected chi connectivity index (χ4v) is 5.75. The zero-order chi connectivity index (χ0) is 22.0. The molecule has 0 fully saturated rings. The van der Waals surface area contributed by atoms with Gasteiger partial charge < -0.3 is 5.32 Å². The van der Waals surface area contributed by atoms with Crippen LogP contribution in [0, 0.1) is 22.7 Å². The van der Waals surface area contributed by atoms with Gasteiger partial charge in [0.25, 0.3) is 0 Å². The van der Waals surface area contributed by atoms with Gasteiger partial charge in [0.2, 0.25) is 11.1 Å². The second kappa shape index (κ2) is 8.85. The van der Waals surface area contributed by atoms with Crippen LogP contribution in [-0.2, 0) is 17.6 Å². The highest BCUT2D eigenvalue weighted by Crippen LogP contribution is 2.44. The SMILES string of the molecule is CC(C)(C)C1CCc2c(sc(NC(=O)CSc3n[nH]c(-c4ccccc4)n3)c2C#N)C1. The number of carbonyl (C=O) groups is 1. The largest absolute Gasteiger partial charge is 0.316 e. The molecule has 1 aliphatic carbocycles. The molecule has 0 saturated carbocycles. The Kier molecular flexibility index (Phi) is 6.17. The smallest absolute Gasteiger partial charge is 0.235 e. The summed E-state index contributed by atoms with van der Waals surface area (Å²) in [6.07, 6.45) is 2.96. The molecule has 3 aromatic rings. The molecule has 160 valence electrons. The van der Waals surface area contributed by atoms with Crippen LogP contribution in [-0.4, -0.2) is 26.8 Å². The maximum Gasteiger partial charge on any atom is 0.235 e. The van der Waals surface area contributed by atoms with Crippen molar-refractivity contribution in [2.24, 2.45) is 11.3 Å². The lowest BCUT2D eigenvalue weighted by molar-refractivity contribution is -0.113. The van der Waals surface area contributed by atoms with Crippen molar-refractivity contribution in [1.82, 2.24) is 15.2 Å². The van der Waals surface area contributed by atoms with Crippen LogP contribution in [0.25, 0.3) is 11.4 Å². The first-order chi connectivity index (χ1) is 14.8. The number of fused-ring (bicyclic) bond motifs is 1. The Hall–Kier alpha value is -2.63. The highest BCUT2D eigenvalue weighted by molar-refractivity contribution is 7.99. The van der Waals surface area contributed by atoms with Crippen LogP contribution in [0.3, 0.4) is 0 Å². The van der Waals surface area contributed by atoms with E-state index in [1.165, 1.54) is 16.6 Å². The molecule has 0 spiro atoms. The molecule has 2 aromatic heterocycles. The number of thiophene rings is 1. The van der Waals surface area contributed by atoms with Gasteiger partial charge in [-0.1, -0.05) is 62.9 Å². The highest BCUT2D eigenvalue weighted by Gasteiger charge is 2.32. The Bertz CT molecular complexity index is 1120. The third kappa shape index (κ3) is 4.83. The molecule has 4 rings (SSSR count). The lowest BCUT2D eigenvalue weighted by Gasteiger charge is -2.33. The van der Waals surface area contributed by atoms with E-state index in [0.717, 1.165) is 30.4 Å². The Morgan fingerprint density at radius 1 is 1.35 bits per heavy atom. The van der Waals surface area contributed by atoms with Crippen LogP contribution >= 0.6 is 23.1 Å². The van der Waals surface area contributed by atoms with E-state index in [9.17, 15) is 10.1 Å². The topological polar surface area (TPSA) is 94.5 Å². The number of aromatic nitrogens is 3. The first kappa shape index (κ1) is 21.6. The van der Waals surface area contributed by atoms with Crippen molar-refractivity contribution in [2.75, 3.05) is 11.1 Å². The predicted molar refractivity (Wildman–Crippen MR) is 125 cm³/mol. The molecule has 0 saturated heterocycles. The highest BCUT2D eigenvalue weighted by atomic mass is 32.2. The Morgan fingerprint density at radius 2 is 2.13 bits per heavy atom. The number of hydrogen-bond acceptors (Lipinski definition) is 6.